The van der Waals surface area contributed by atoms with Crippen LogP contribution in [0.2, 0.25) is 0 Å². The van der Waals surface area contributed by atoms with E-state index in [0.717, 1.165) is 11.3 Å². The Kier molecular flexibility index (Phi) is 4.19. The quantitative estimate of drug-likeness (QED) is 0.669. The maximum Gasteiger partial charge on any atom is 0.339 e. The van der Waals surface area contributed by atoms with E-state index in [1.807, 2.05) is 0 Å². The van der Waals surface area contributed by atoms with Gasteiger partial charge in [0.15, 0.2) is 0 Å². The monoisotopic (exact) mass is 325 g/mol. The van der Waals surface area contributed by atoms with Crippen molar-refractivity contribution in [3.05, 3.63) is 58.9 Å². The molecule has 0 bridgehead atoms. The molecule has 0 unspecified atom stereocenters. The van der Waals surface area contributed by atoms with Crippen LogP contribution < -0.4 is 5.56 Å². The van der Waals surface area contributed by atoms with Gasteiger partial charge in [0.25, 0.3) is 5.56 Å². The van der Waals surface area contributed by atoms with Crippen molar-refractivity contribution in [2.75, 3.05) is 6.61 Å². The average Bonchev–Trinajstić information content (AvgIpc) is 3.01. The van der Waals surface area contributed by atoms with Crippen molar-refractivity contribution < 1.29 is 9.53 Å². The molecule has 0 fully saturated rings. The van der Waals surface area contributed by atoms with Crippen molar-refractivity contribution >= 4 is 5.97 Å². The smallest absolute Gasteiger partial charge is 0.339 e. The van der Waals surface area contributed by atoms with Crippen LogP contribution in [-0.4, -0.2) is 37.1 Å². The molecule has 3 heterocycles. The fourth-order valence-corrected chi connectivity index (χ4v) is 2.27. The molecule has 3 aromatic heterocycles. The number of aromatic nitrogens is 5. The Bertz CT molecular complexity index is 945. The van der Waals surface area contributed by atoms with E-state index in [1.54, 1.807) is 43.3 Å². The first-order valence-electron chi connectivity index (χ1n) is 7.30. The summed E-state index contributed by atoms with van der Waals surface area (Å²) in [6.07, 6.45) is 6.26. The molecule has 3 aromatic rings. The standard InChI is InChI=1S/C16H15N5O3/c1-3-24-16(23)11-4-5-15(22)21(10-11)13-6-12(7-17-8-13)14-9-18-19-20(14)2/h4-10H,3H2,1-2H3. The molecule has 3 rings (SSSR count). The Morgan fingerprint density at radius 3 is 2.79 bits per heavy atom. The van der Waals surface area contributed by atoms with Crippen LogP contribution in [0.5, 0.6) is 0 Å². The lowest BCUT2D eigenvalue weighted by molar-refractivity contribution is 0.0525. The van der Waals surface area contributed by atoms with E-state index >= 15 is 0 Å². The lowest BCUT2D eigenvalue weighted by atomic mass is 10.2. The zero-order chi connectivity index (χ0) is 17.1. The fourth-order valence-electron chi connectivity index (χ4n) is 2.27. The van der Waals surface area contributed by atoms with Crippen LogP contribution in [0.25, 0.3) is 16.9 Å². The second kappa shape index (κ2) is 6.45. The number of carbonyl (C=O) groups is 1. The summed E-state index contributed by atoms with van der Waals surface area (Å²) in [7, 11) is 1.77. The fraction of sp³-hybridized carbons (Fsp3) is 0.188. The summed E-state index contributed by atoms with van der Waals surface area (Å²) in [5, 5.41) is 7.71. The van der Waals surface area contributed by atoms with Crippen molar-refractivity contribution in [2.45, 2.75) is 6.92 Å². The molecule has 122 valence electrons. The molecule has 8 nitrogen and oxygen atoms in total. The van der Waals surface area contributed by atoms with Crippen LogP contribution in [0.15, 0.2) is 47.8 Å². The van der Waals surface area contributed by atoms with Crippen LogP contribution in [0, 0.1) is 0 Å². The lowest BCUT2D eigenvalue weighted by Gasteiger charge is -2.09. The van der Waals surface area contributed by atoms with Gasteiger partial charge < -0.3 is 4.74 Å². The Morgan fingerprint density at radius 1 is 1.25 bits per heavy atom. The highest BCUT2D eigenvalue weighted by Crippen LogP contribution is 2.18. The number of esters is 1. The van der Waals surface area contributed by atoms with E-state index in [1.165, 1.54) is 22.9 Å². The summed E-state index contributed by atoms with van der Waals surface area (Å²) in [5.74, 6) is -0.480. The van der Waals surface area contributed by atoms with Crippen molar-refractivity contribution in [2.24, 2.45) is 7.05 Å². The van der Waals surface area contributed by atoms with Gasteiger partial charge in [0.05, 0.1) is 35.9 Å². The summed E-state index contributed by atoms with van der Waals surface area (Å²) >= 11 is 0. The Labute approximate surface area is 137 Å². The molecule has 0 N–H and O–H groups in total. The molecule has 0 amide bonds. The number of rotatable bonds is 4. The highest BCUT2D eigenvalue weighted by atomic mass is 16.5. The largest absolute Gasteiger partial charge is 0.462 e. The number of hydrogen-bond donors (Lipinski definition) is 0. The minimum Gasteiger partial charge on any atom is -0.462 e. The summed E-state index contributed by atoms with van der Waals surface area (Å²) in [6, 6.07) is 4.55. The molecule has 0 saturated heterocycles. The van der Waals surface area contributed by atoms with Gasteiger partial charge >= 0.3 is 5.97 Å². The van der Waals surface area contributed by atoms with Crippen molar-refractivity contribution in [3.63, 3.8) is 0 Å². The van der Waals surface area contributed by atoms with E-state index in [-0.39, 0.29) is 12.2 Å². The van der Waals surface area contributed by atoms with Gasteiger partial charge in [-0.05, 0) is 19.1 Å². The first-order chi connectivity index (χ1) is 11.6. The van der Waals surface area contributed by atoms with Gasteiger partial charge in [-0.25, -0.2) is 9.48 Å². The third kappa shape index (κ3) is 2.94. The van der Waals surface area contributed by atoms with Crippen LogP contribution in [0.1, 0.15) is 17.3 Å². The maximum atomic E-state index is 12.2. The van der Waals surface area contributed by atoms with Crippen molar-refractivity contribution in [1.29, 1.82) is 0 Å². The highest BCUT2D eigenvalue weighted by Gasteiger charge is 2.11. The molecule has 0 aliphatic heterocycles. The Morgan fingerprint density at radius 2 is 2.08 bits per heavy atom. The maximum absolute atomic E-state index is 12.2. The SMILES string of the molecule is CCOC(=O)c1ccc(=O)n(-c2cncc(-c3cnnn3C)c2)c1. The summed E-state index contributed by atoms with van der Waals surface area (Å²) in [6.45, 7) is 1.99. The minimum absolute atomic E-state index is 0.266. The van der Waals surface area contributed by atoms with Gasteiger partial charge in [0.1, 0.15) is 0 Å². The summed E-state index contributed by atoms with van der Waals surface area (Å²) in [5.41, 5.74) is 2.08. The van der Waals surface area contributed by atoms with E-state index in [4.69, 9.17) is 4.74 Å². The molecule has 0 radical (unpaired) electrons. The van der Waals surface area contributed by atoms with Crippen LogP contribution in [-0.2, 0) is 11.8 Å². The third-order valence-corrected chi connectivity index (χ3v) is 3.43. The zero-order valence-electron chi connectivity index (χ0n) is 13.2. The molecule has 0 aliphatic carbocycles. The molecule has 0 saturated carbocycles. The van der Waals surface area contributed by atoms with Crippen molar-refractivity contribution in [1.82, 2.24) is 24.5 Å². The summed E-state index contributed by atoms with van der Waals surface area (Å²) in [4.78, 5) is 28.2. The molecule has 0 spiro atoms. The molecule has 0 aromatic carbocycles. The van der Waals surface area contributed by atoms with Crippen molar-refractivity contribution in [3.8, 4) is 16.9 Å². The molecular formula is C16H15N5O3. The predicted octanol–water partition coefficient (Wildman–Crippen LogP) is 1.20. The zero-order valence-corrected chi connectivity index (χ0v) is 13.2. The third-order valence-electron chi connectivity index (χ3n) is 3.43. The minimum atomic E-state index is -0.480. The van der Waals surface area contributed by atoms with Crippen LogP contribution in [0.4, 0.5) is 0 Å². The van der Waals surface area contributed by atoms with Crippen LogP contribution >= 0.6 is 0 Å². The van der Waals surface area contributed by atoms with Gasteiger partial charge in [-0.3, -0.25) is 14.3 Å². The second-order valence-corrected chi connectivity index (χ2v) is 5.02. The first kappa shape index (κ1) is 15.6. The Balaban J connectivity index is 2.06. The normalized spacial score (nSPS) is 10.6. The van der Waals surface area contributed by atoms with Gasteiger partial charge in [-0.2, -0.15) is 0 Å². The van der Waals surface area contributed by atoms with Gasteiger partial charge in [0.2, 0.25) is 0 Å². The van der Waals surface area contributed by atoms with E-state index < -0.39 is 5.97 Å². The van der Waals surface area contributed by atoms with E-state index in [2.05, 4.69) is 15.3 Å². The van der Waals surface area contributed by atoms with Gasteiger partial charge in [0, 0.05) is 31.1 Å². The number of ether oxygens (including phenoxy) is 1. The van der Waals surface area contributed by atoms with Gasteiger partial charge in [-0.1, -0.05) is 5.21 Å². The molecule has 24 heavy (non-hydrogen) atoms. The number of hydrogen-bond acceptors (Lipinski definition) is 6. The number of pyridine rings is 2. The average molecular weight is 325 g/mol. The number of aryl methyl sites for hydroxylation is 1. The van der Waals surface area contributed by atoms with Crippen LogP contribution in [0.3, 0.4) is 0 Å². The molecule has 8 heteroatoms. The highest BCUT2D eigenvalue weighted by molar-refractivity contribution is 5.89. The Hall–Kier alpha value is -3.29. The molecule has 0 atom stereocenters. The van der Waals surface area contributed by atoms with E-state index in [9.17, 15) is 9.59 Å². The molecular weight excluding hydrogens is 310 g/mol. The lowest BCUT2D eigenvalue weighted by Crippen LogP contribution is -2.19. The predicted molar refractivity (Wildman–Crippen MR) is 85.8 cm³/mol. The molecule has 0 aliphatic rings. The van der Waals surface area contributed by atoms with Gasteiger partial charge in [-0.15, -0.1) is 5.10 Å². The first-order valence-corrected chi connectivity index (χ1v) is 7.30. The summed E-state index contributed by atoms with van der Waals surface area (Å²) < 4.78 is 7.93. The second-order valence-electron chi connectivity index (χ2n) is 5.02. The van der Waals surface area contributed by atoms with E-state index in [0.29, 0.717) is 11.3 Å². The topological polar surface area (TPSA) is 91.9 Å². The number of carbonyl (C=O) groups excluding carboxylic acids is 1. The number of nitrogens with zero attached hydrogens (tertiary/aromatic N) is 5.